The first-order valence-corrected chi connectivity index (χ1v) is 16.3. The van der Waals surface area contributed by atoms with Crippen molar-refractivity contribution < 1.29 is 0 Å². The quantitative estimate of drug-likeness (QED) is 0.187. The molecule has 0 amide bonds. The maximum Gasteiger partial charge on any atom is 0.145 e. The van der Waals surface area contributed by atoms with Gasteiger partial charge in [-0.15, -0.1) is 0 Å². The Morgan fingerprint density at radius 2 is 1.02 bits per heavy atom. The summed E-state index contributed by atoms with van der Waals surface area (Å²) in [5, 5.41) is 2.45. The Morgan fingerprint density at radius 1 is 0.457 bits per heavy atom. The Kier molecular flexibility index (Phi) is 6.83. The molecule has 0 aliphatic rings. The molecule has 0 spiro atoms. The van der Waals surface area contributed by atoms with Crippen LogP contribution < -0.4 is 0 Å². The number of benzene rings is 6. The lowest BCUT2D eigenvalue weighted by atomic mass is 9.92. The van der Waals surface area contributed by atoms with Gasteiger partial charge in [0.2, 0.25) is 0 Å². The van der Waals surface area contributed by atoms with Gasteiger partial charge in [-0.25, -0.2) is 4.98 Å². The van der Waals surface area contributed by atoms with Crippen LogP contribution in [0, 0.1) is 0 Å². The molecule has 0 unspecified atom stereocenters. The second-order valence-electron chi connectivity index (χ2n) is 12.9. The maximum atomic E-state index is 5.33. The van der Waals surface area contributed by atoms with Crippen molar-refractivity contribution in [2.24, 2.45) is 0 Å². The van der Waals surface area contributed by atoms with Crippen LogP contribution in [0.3, 0.4) is 0 Å². The predicted octanol–water partition coefficient (Wildman–Crippen LogP) is 11.7. The first kappa shape index (κ1) is 28.1. The molecule has 3 nitrogen and oxygen atoms in total. The van der Waals surface area contributed by atoms with Gasteiger partial charge in [0, 0.05) is 22.0 Å². The molecular weight excluding hydrogens is 558 g/mol. The van der Waals surface area contributed by atoms with Crippen LogP contribution in [-0.2, 0) is 0 Å². The van der Waals surface area contributed by atoms with Crippen LogP contribution in [0.1, 0.15) is 50.7 Å². The number of rotatable bonds is 6. The Morgan fingerprint density at radius 3 is 1.67 bits per heavy atom. The Hall–Kier alpha value is -5.41. The number of nitrogens with zero attached hydrogens (tertiary/aromatic N) is 3. The minimum atomic E-state index is 0.366. The lowest BCUT2D eigenvalue weighted by Crippen LogP contribution is -2.08. The van der Waals surface area contributed by atoms with Gasteiger partial charge in [-0.2, -0.15) is 0 Å². The molecular formula is C43H37N3. The van der Waals surface area contributed by atoms with Gasteiger partial charge in [-0.05, 0) is 88.7 Å². The zero-order chi connectivity index (χ0) is 31.4. The van der Waals surface area contributed by atoms with Crippen LogP contribution in [0.2, 0.25) is 0 Å². The molecule has 0 N–H and O–H groups in total. The minimum Gasteiger partial charge on any atom is -0.309 e. The highest BCUT2D eigenvalue weighted by Crippen LogP contribution is 2.40. The van der Waals surface area contributed by atoms with E-state index in [1.54, 1.807) is 0 Å². The molecule has 0 fully saturated rings. The van der Waals surface area contributed by atoms with Crippen LogP contribution in [0.4, 0.5) is 0 Å². The van der Waals surface area contributed by atoms with Crippen molar-refractivity contribution in [2.75, 3.05) is 0 Å². The number of aromatic nitrogens is 3. The van der Waals surface area contributed by atoms with Gasteiger partial charge in [0.25, 0.3) is 0 Å². The molecule has 2 heterocycles. The highest BCUT2D eigenvalue weighted by molar-refractivity contribution is 6.11. The second-order valence-corrected chi connectivity index (χ2v) is 12.9. The largest absolute Gasteiger partial charge is 0.309 e. The van der Waals surface area contributed by atoms with Crippen LogP contribution >= 0.6 is 0 Å². The van der Waals surface area contributed by atoms with Crippen LogP contribution in [0.15, 0.2) is 140 Å². The van der Waals surface area contributed by atoms with Gasteiger partial charge < -0.3 is 4.57 Å². The molecule has 0 aliphatic heterocycles. The molecule has 6 aromatic carbocycles. The fourth-order valence-electron chi connectivity index (χ4n) is 7.04. The van der Waals surface area contributed by atoms with Crippen molar-refractivity contribution in [1.82, 2.24) is 14.1 Å². The van der Waals surface area contributed by atoms with Crippen molar-refractivity contribution in [2.45, 2.75) is 39.5 Å². The van der Waals surface area contributed by atoms with E-state index in [0.29, 0.717) is 11.8 Å². The summed E-state index contributed by atoms with van der Waals surface area (Å²) in [4.78, 5) is 5.33. The third-order valence-electron chi connectivity index (χ3n) is 9.27. The summed E-state index contributed by atoms with van der Waals surface area (Å²) < 4.78 is 4.81. The third kappa shape index (κ3) is 4.54. The van der Waals surface area contributed by atoms with Crippen LogP contribution in [0.25, 0.3) is 66.7 Å². The van der Waals surface area contributed by atoms with E-state index in [1.807, 2.05) is 0 Å². The highest BCUT2D eigenvalue weighted by atomic mass is 15.1. The van der Waals surface area contributed by atoms with Gasteiger partial charge in [-0.3, -0.25) is 4.57 Å². The molecule has 224 valence electrons. The number of hydrogen-bond acceptors (Lipinski definition) is 1. The Labute approximate surface area is 270 Å². The highest BCUT2D eigenvalue weighted by Gasteiger charge is 2.23. The first-order valence-electron chi connectivity index (χ1n) is 16.3. The van der Waals surface area contributed by atoms with Crippen molar-refractivity contribution >= 4 is 32.8 Å². The molecule has 0 atom stereocenters. The lowest BCUT2D eigenvalue weighted by molar-refractivity contribution is 0.811. The molecule has 46 heavy (non-hydrogen) atoms. The summed E-state index contributed by atoms with van der Waals surface area (Å²) in [5.41, 5.74) is 13.1. The summed E-state index contributed by atoms with van der Waals surface area (Å²) in [5.74, 6) is 1.70. The van der Waals surface area contributed by atoms with Gasteiger partial charge in [0.1, 0.15) is 5.82 Å². The summed E-state index contributed by atoms with van der Waals surface area (Å²) in [7, 11) is 0. The summed E-state index contributed by atoms with van der Waals surface area (Å²) in [6.07, 6.45) is 0. The average molecular weight is 596 g/mol. The van der Waals surface area contributed by atoms with E-state index in [1.165, 1.54) is 49.7 Å². The zero-order valence-corrected chi connectivity index (χ0v) is 26.8. The molecule has 0 radical (unpaired) electrons. The van der Waals surface area contributed by atoms with Gasteiger partial charge in [0.15, 0.2) is 0 Å². The number of fused-ring (bicyclic) bond motifs is 4. The first-order chi connectivity index (χ1) is 22.5. The van der Waals surface area contributed by atoms with E-state index >= 15 is 0 Å². The second kappa shape index (κ2) is 11.2. The monoisotopic (exact) mass is 595 g/mol. The van der Waals surface area contributed by atoms with E-state index in [-0.39, 0.29) is 0 Å². The molecule has 0 aliphatic carbocycles. The smallest absolute Gasteiger partial charge is 0.145 e. The topological polar surface area (TPSA) is 22.8 Å². The molecule has 8 aromatic rings. The standard InChI is InChI=1S/C43H37N3/c1-28(2)34-18-13-19-35(29(3)4)42(34)46-41-21-12-11-20-38(41)44-43(46)32-23-25-40-37(27-32)36-26-31(30-14-7-5-8-15-30)22-24-39(36)45(40)33-16-9-6-10-17-33/h5-29H,1-4H3. The molecule has 0 saturated carbocycles. The van der Waals surface area contributed by atoms with Gasteiger partial charge in [-0.1, -0.05) is 113 Å². The van der Waals surface area contributed by atoms with Crippen molar-refractivity contribution in [3.8, 4) is 33.9 Å². The summed E-state index contributed by atoms with van der Waals surface area (Å²) in [6, 6.07) is 50.4. The minimum absolute atomic E-state index is 0.366. The SMILES string of the molecule is CC(C)c1cccc(C(C)C)c1-n1c(-c2ccc3c(c2)c2cc(-c4ccccc4)ccc2n3-c2ccccc2)nc2ccccc21. The zero-order valence-electron chi connectivity index (χ0n) is 26.8. The lowest BCUT2D eigenvalue weighted by Gasteiger charge is -2.22. The summed E-state index contributed by atoms with van der Waals surface area (Å²) >= 11 is 0. The van der Waals surface area contributed by atoms with Gasteiger partial charge >= 0.3 is 0 Å². The van der Waals surface area contributed by atoms with Gasteiger partial charge in [0.05, 0.1) is 27.8 Å². The number of imidazole rings is 1. The number of para-hydroxylation sites is 4. The van der Waals surface area contributed by atoms with Crippen LogP contribution in [0.5, 0.6) is 0 Å². The molecule has 0 bridgehead atoms. The fraction of sp³-hybridized carbons (Fsp3) is 0.140. The molecule has 8 rings (SSSR count). The van der Waals surface area contributed by atoms with Crippen molar-refractivity contribution in [3.05, 3.63) is 151 Å². The van der Waals surface area contributed by atoms with E-state index in [4.69, 9.17) is 4.98 Å². The summed E-state index contributed by atoms with van der Waals surface area (Å²) in [6.45, 7) is 9.15. The molecule has 3 heteroatoms. The van der Waals surface area contributed by atoms with Crippen LogP contribution in [-0.4, -0.2) is 14.1 Å². The molecule has 0 saturated heterocycles. The maximum absolute atomic E-state index is 5.33. The predicted molar refractivity (Wildman–Crippen MR) is 194 cm³/mol. The van der Waals surface area contributed by atoms with E-state index < -0.39 is 0 Å². The number of hydrogen-bond donors (Lipinski definition) is 0. The van der Waals surface area contributed by atoms with E-state index in [2.05, 4.69) is 176 Å². The fourth-order valence-corrected chi connectivity index (χ4v) is 7.04. The van der Waals surface area contributed by atoms with E-state index in [0.717, 1.165) is 28.1 Å². The molecule has 2 aromatic heterocycles. The third-order valence-corrected chi connectivity index (χ3v) is 9.27. The van der Waals surface area contributed by atoms with Crippen molar-refractivity contribution in [3.63, 3.8) is 0 Å². The van der Waals surface area contributed by atoms with Crippen molar-refractivity contribution in [1.29, 1.82) is 0 Å². The Bertz CT molecular complexity index is 2330. The van der Waals surface area contributed by atoms with E-state index in [9.17, 15) is 0 Å². The Balaban J connectivity index is 1.44. The normalized spacial score (nSPS) is 11.9. The average Bonchev–Trinajstić information content (AvgIpc) is 3.64.